The van der Waals surface area contributed by atoms with E-state index in [0.717, 1.165) is 25.9 Å². The van der Waals surface area contributed by atoms with E-state index in [-0.39, 0.29) is 12.5 Å². The van der Waals surface area contributed by atoms with Gasteiger partial charge in [0.15, 0.2) is 0 Å². The van der Waals surface area contributed by atoms with Crippen LogP contribution in [0.2, 0.25) is 0 Å². The van der Waals surface area contributed by atoms with Gasteiger partial charge in [0.2, 0.25) is 5.91 Å². The molecule has 1 rings (SSSR count). The molecule has 2 N–H and O–H groups in total. The van der Waals surface area contributed by atoms with Crippen molar-refractivity contribution in [1.82, 2.24) is 15.1 Å². The molecule has 112 valence electrons. The summed E-state index contributed by atoms with van der Waals surface area (Å²) < 4.78 is 0. The van der Waals surface area contributed by atoms with Crippen molar-refractivity contribution in [3.63, 3.8) is 0 Å². The number of hydrogen-bond acceptors (Lipinski definition) is 4. The summed E-state index contributed by atoms with van der Waals surface area (Å²) in [5.74, 6) is 0.164. The molecule has 0 saturated carbocycles. The molecule has 1 fully saturated rings. The molecule has 0 radical (unpaired) electrons. The number of nitrogens with one attached hydrogen (secondary N) is 1. The van der Waals surface area contributed by atoms with Gasteiger partial charge in [0.1, 0.15) is 0 Å². The second-order valence-electron chi connectivity index (χ2n) is 5.70. The van der Waals surface area contributed by atoms with Gasteiger partial charge < -0.3 is 20.2 Å². The minimum Gasteiger partial charge on any atom is -0.395 e. The fourth-order valence-electron chi connectivity index (χ4n) is 2.54. The first-order valence-electron chi connectivity index (χ1n) is 7.37. The SMILES string of the molecule is CC(C)NCCC(=O)N(CCO)C1CCN(C)CC1. The van der Waals surface area contributed by atoms with Crippen molar-refractivity contribution in [2.75, 3.05) is 39.8 Å². The van der Waals surface area contributed by atoms with Crippen molar-refractivity contribution in [3.05, 3.63) is 0 Å². The van der Waals surface area contributed by atoms with Gasteiger partial charge in [-0.15, -0.1) is 0 Å². The van der Waals surface area contributed by atoms with Crippen molar-refractivity contribution in [3.8, 4) is 0 Å². The second-order valence-corrected chi connectivity index (χ2v) is 5.70. The zero-order chi connectivity index (χ0) is 14.3. The van der Waals surface area contributed by atoms with Crippen LogP contribution in [0, 0.1) is 0 Å². The Labute approximate surface area is 117 Å². The van der Waals surface area contributed by atoms with Gasteiger partial charge in [-0.2, -0.15) is 0 Å². The molecule has 0 aromatic rings. The van der Waals surface area contributed by atoms with Crippen LogP contribution < -0.4 is 5.32 Å². The molecule has 5 nitrogen and oxygen atoms in total. The summed E-state index contributed by atoms with van der Waals surface area (Å²) in [7, 11) is 2.11. The Morgan fingerprint density at radius 1 is 1.42 bits per heavy atom. The largest absolute Gasteiger partial charge is 0.395 e. The summed E-state index contributed by atoms with van der Waals surface area (Å²) in [6, 6.07) is 0.706. The molecule has 1 amide bonds. The number of nitrogens with zero attached hydrogens (tertiary/aromatic N) is 2. The van der Waals surface area contributed by atoms with Crippen LogP contribution in [-0.4, -0.2) is 72.7 Å². The molecule has 0 atom stereocenters. The summed E-state index contributed by atoms with van der Waals surface area (Å²) in [4.78, 5) is 16.4. The molecule has 0 unspecified atom stereocenters. The van der Waals surface area contributed by atoms with Gasteiger partial charge in [0, 0.05) is 31.6 Å². The predicted molar refractivity (Wildman–Crippen MR) is 77.1 cm³/mol. The average molecular weight is 271 g/mol. The number of amides is 1. The van der Waals surface area contributed by atoms with Crippen molar-refractivity contribution in [2.24, 2.45) is 0 Å². The molecule has 1 saturated heterocycles. The fourth-order valence-corrected chi connectivity index (χ4v) is 2.54. The van der Waals surface area contributed by atoms with E-state index in [1.807, 2.05) is 4.90 Å². The van der Waals surface area contributed by atoms with E-state index in [4.69, 9.17) is 5.11 Å². The number of carbonyl (C=O) groups excluding carboxylic acids is 1. The average Bonchev–Trinajstić information content (AvgIpc) is 2.36. The predicted octanol–water partition coefficient (Wildman–Crippen LogP) is 0.290. The van der Waals surface area contributed by atoms with Gasteiger partial charge in [-0.25, -0.2) is 0 Å². The Hall–Kier alpha value is -0.650. The van der Waals surface area contributed by atoms with Gasteiger partial charge >= 0.3 is 0 Å². The molecular formula is C14H29N3O2. The van der Waals surface area contributed by atoms with Gasteiger partial charge in [0.25, 0.3) is 0 Å². The summed E-state index contributed by atoms with van der Waals surface area (Å²) in [6.07, 6.45) is 2.55. The number of carbonyl (C=O) groups is 1. The second kappa shape index (κ2) is 8.51. The maximum atomic E-state index is 12.3. The zero-order valence-electron chi connectivity index (χ0n) is 12.6. The fraction of sp³-hybridized carbons (Fsp3) is 0.929. The van der Waals surface area contributed by atoms with E-state index < -0.39 is 0 Å². The van der Waals surface area contributed by atoms with E-state index in [2.05, 4.69) is 31.1 Å². The summed E-state index contributed by atoms with van der Waals surface area (Å²) in [6.45, 7) is 7.45. The van der Waals surface area contributed by atoms with Gasteiger partial charge in [-0.1, -0.05) is 13.8 Å². The van der Waals surface area contributed by atoms with Crippen LogP contribution in [0.1, 0.15) is 33.1 Å². The smallest absolute Gasteiger partial charge is 0.224 e. The molecule has 1 heterocycles. The highest BCUT2D eigenvalue weighted by Crippen LogP contribution is 2.16. The lowest BCUT2D eigenvalue weighted by Gasteiger charge is -2.37. The molecule has 0 bridgehead atoms. The third-order valence-corrected chi connectivity index (χ3v) is 3.68. The Bertz CT molecular complexity index is 263. The van der Waals surface area contributed by atoms with E-state index in [9.17, 15) is 4.79 Å². The summed E-state index contributed by atoms with van der Waals surface area (Å²) >= 11 is 0. The lowest BCUT2D eigenvalue weighted by Crippen LogP contribution is -2.48. The van der Waals surface area contributed by atoms with Crippen molar-refractivity contribution in [1.29, 1.82) is 0 Å². The topological polar surface area (TPSA) is 55.8 Å². The van der Waals surface area contributed by atoms with Gasteiger partial charge in [0.05, 0.1) is 6.61 Å². The molecule has 0 aliphatic carbocycles. The molecule has 0 spiro atoms. The highest BCUT2D eigenvalue weighted by molar-refractivity contribution is 5.76. The normalized spacial score (nSPS) is 17.9. The molecule has 0 aromatic carbocycles. The number of rotatable bonds is 7. The van der Waals surface area contributed by atoms with Crippen LogP contribution in [0.4, 0.5) is 0 Å². The molecule has 0 aromatic heterocycles. The van der Waals surface area contributed by atoms with Crippen LogP contribution in [0.5, 0.6) is 0 Å². The first kappa shape index (κ1) is 16.4. The first-order chi connectivity index (χ1) is 9.04. The van der Waals surface area contributed by atoms with E-state index in [1.165, 1.54) is 0 Å². The Morgan fingerprint density at radius 3 is 2.58 bits per heavy atom. The van der Waals surface area contributed by atoms with E-state index in [1.54, 1.807) is 0 Å². The first-order valence-corrected chi connectivity index (χ1v) is 7.37. The monoisotopic (exact) mass is 271 g/mol. The third-order valence-electron chi connectivity index (χ3n) is 3.68. The van der Waals surface area contributed by atoms with Crippen LogP contribution in [0.25, 0.3) is 0 Å². The maximum Gasteiger partial charge on any atom is 0.224 e. The standard InChI is InChI=1S/C14H29N3O2/c1-12(2)15-7-4-14(19)17(10-11-18)13-5-8-16(3)9-6-13/h12-13,15,18H,4-11H2,1-3H3. The maximum absolute atomic E-state index is 12.3. The van der Waals surface area contributed by atoms with Crippen molar-refractivity contribution < 1.29 is 9.90 Å². The number of aliphatic hydroxyl groups is 1. The number of aliphatic hydroxyl groups excluding tert-OH is 1. The minimum absolute atomic E-state index is 0.0513. The molecule has 5 heteroatoms. The lowest BCUT2D eigenvalue weighted by molar-refractivity contribution is -0.135. The van der Waals surface area contributed by atoms with Crippen molar-refractivity contribution >= 4 is 5.91 Å². The highest BCUT2D eigenvalue weighted by Gasteiger charge is 2.26. The Morgan fingerprint density at radius 2 is 2.05 bits per heavy atom. The summed E-state index contributed by atoms with van der Waals surface area (Å²) in [5, 5.41) is 12.4. The molecular weight excluding hydrogens is 242 g/mol. The molecule has 19 heavy (non-hydrogen) atoms. The van der Waals surface area contributed by atoms with Crippen LogP contribution >= 0.6 is 0 Å². The van der Waals surface area contributed by atoms with Crippen LogP contribution in [-0.2, 0) is 4.79 Å². The Kier molecular flexibility index (Phi) is 7.34. The number of hydrogen-bond donors (Lipinski definition) is 2. The van der Waals surface area contributed by atoms with Crippen molar-refractivity contribution in [2.45, 2.75) is 45.2 Å². The Balaban J connectivity index is 2.44. The lowest BCUT2D eigenvalue weighted by atomic mass is 10.0. The zero-order valence-corrected chi connectivity index (χ0v) is 12.6. The minimum atomic E-state index is 0.0513. The van der Waals surface area contributed by atoms with Gasteiger partial charge in [-0.3, -0.25) is 4.79 Å². The third kappa shape index (κ3) is 5.89. The van der Waals surface area contributed by atoms with Crippen LogP contribution in [0.15, 0.2) is 0 Å². The molecule has 1 aliphatic heterocycles. The number of piperidine rings is 1. The van der Waals surface area contributed by atoms with E-state index >= 15 is 0 Å². The number of likely N-dealkylation sites (tertiary alicyclic amines) is 1. The van der Waals surface area contributed by atoms with Crippen LogP contribution in [0.3, 0.4) is 0 Å². The molecule has 1 aliphatic rings. The van der Waals surface area contributed by atoms with E-state index in [0.29, 0.717) is 31.6 Å². The highest BCUT2D eigenvalue weighted by atomic mass is 16.3. The summed E-state index contributed by atoms with van der Waals surface area (Å²) in [5.41, 5.74) is 0. The quantitative estimate of drug-likeness (QED) is 0.699. The van der Waals surface area contributed by atoms with Gasteiger partial charge in [-0.05, 0) is 33.0 Å².